The standard InChI is InChI=1S/C15H22BrNO2/c1-11(7-8-18)10-17-15(19)9-12(2)13-3-5-14(16)6-4-13/h3-6,11-12,18H,7-10H2,1-2H3,(H,17,19). The number of halogens is 1. The summed E-state index contributed by atoms with van der Waals surface area (Å²) in [5.41, 5.74) is 1.17. The average Bonchev–Trinajstić information content (AvgIpc) is 2.37. The third kappa shape index (κ3) is 6.21. The summed E-state index contributed by atoms with van der Waals surface area (Å²) in [5.74, 6) is 0.596. The number of aliphatic hydroxyl groups excluding tert-OH is 1. The fourth-order valence-corrected chi connectivity index (χ4v) is 2.13. The summed E-state index contributed by atoms with van der Waals surface area (Å²) in [6.07, 6.45) is 1.22. The minimum absolute atomic E-state index is 0.0696. The number of nitrogens with one attached hydrogen (secondary N) is 1. The summed E-state index contributed by atoms with van der Waals surface area (Å²) < 4.78 is 1.05. The van der Waals surface area contributed by atoms with Crippen LogP contribution in [-0.2, 0) is 4.79 Å². The molecular weight excluding hydrogens is 306 g/mol. The van der Waals surface area contributed by atoms with Gasteiger partial charge in [-0.15, -0.1) is 0 Å². The molecule has 0 saturated carbocycles. The zero-order valence-corrected chi connectivity index (χ0v) is 13.1. The highest BCUT2D eigenvalue weighted by molar-refractivity contribution is 9.10. The Morgan fingerprint density at radius 3 is 2.53 bits per heavy atom. The Morgan fingerprint density at radius 1 is 1.32 bits per heavy atom. The van der Waals surface area contributed by atoms with Crippen molar-refractivity contribution in [2.24, 2.45) is 5.92 Å². The molecule has 2 unspecified atom stereocenters. The normalized spacial score (nSPS) is 13.9. The van der Waals surface area contributed by atoms with E-state index in [4.69, 9.17) is 5.11 Å². The molecular formula is C15H22BrNO2. The van der Waals surface area contributed by atoms with E-state index >= 15 is 0 Å². The Balaban J connectivity index is 2.37. The summed E-state index contributed by atoms with van der Waals surface area (Å²) in [6.45, 7) is 4.88. The maximum atomic E-state index is 11.8. The van der Waals surface area contributed by atoms with Gasteiger partial charge in [-0.3, -0.25) is 4.79 Å². The Labute approximate surface area is 123 Å². The van der Waals surface area contributed by atoms with Crippen molar-refractivity contribution in [3.05, 3.63) is 34.3 Å². The zero-order valence-electron chi connectivity index (χ0n) is 11.5. The fourth-order valence-electron chi connectivity index (χ4n) is 1.87. The van der Waals surface area contributed by atoms with Gasteiger partial charge in [-0.25, -0.2) is 0 Å². The van der Waals surface area contributed by atoms with E-state index in [2.05, 4.69) is 28.2 Å². The van der Waals surface area contributed by atoms with Crippen molar-refractivity contribution in [2.45, 2.75) is 32.6 Å². The van der Waals surface area contributed by atoms with E-state index in [1.807, 2.05) is 31.2 Å². The fraction of sp³-hybridized carbons (Fsp3) is 0.533. The lowest BCUT2D eigenvalue weighted by atomic mass is 9.97. The molecule has 0 spiro atoms. The van der Waals surface area contributed by atoms with E-state index in [-0.39, 0.29) is 18.4 Å². The predicted molar refractivity (Wildman–Crippen MR) is 81.1 cm³/mol. The second-order valence-corrected chi connectivity index (χ2v) is 5.99. The van der Waals surface area contributed by atoms with Gasteiger partial charge in [-0.2, -0.15) is 0 Å². The van der Waals surface area contributed by atoms with Crippen LogP contribution in [0.15, 0.2) is 28.7 Å². The Morgan fingerprint density at radius 2 is 1.95 bits per heavy atom. The highest BCUT2D eigenvalue weighted by Gasteiger charge is 2.12. The highest BCUT2D eigenvalue weighted by Crippen LogP contribution is 2.21. The highest BCUT2D eigenvalue weighted by atomic mass is 79.9. The third-order valence-corrected chi connectivity index (χ3v) is 3.73. The zero-order chi connectivity index (χ0) is 14.3. The van der Waals surface area contributed by atoms with E-state index in [0.29, 0.717) is 18.9 Å². The van der Waals surface area contributed by atoms with Crippen LogP contribution in [0.3, 0.4) is 0 Å². The first-order chi connectivity index (χ1) is 9.02. The summed E-state index contributed by atoms with van der Waals surface area (Å²) in [6, 6.07) is 8.06. The molecule has 0 radical (unpaired) electrons. The molecule has 1 rings (SSSR count). The van der Waals surface area contributed by atoms with Crippen LogP contribution in [0.2, 0.25) is 0 Å². The van der Waals surface area contributed by atoms with Crippen LogP contribution in [0.1, 0.15) is 38.2 Å². The smallest absolute Gasteiger partial charge is 0.220 e. The molecule has 0 aliphatic rings. The topological polar surface area (TPSA) is 49.3 Å². The molecule has 0 aliphatic carbocycles. The number of aliphatic hydroxyl groups is 1. The van der Waals surface area contributed by atoms with Crippen LogP contribution < -0.4 is 5.32 Å². The molecule has 2 N–H and O–H groups in total. The molecule has 0 saturated heterocycles. The van der Waals surface area contributed by atoms with Gasteiger partial charge >= 0.3 is 0 Å². The first kappa shape index (κ1) is 16.2. The van der Waals surface area contributed by atoms with E-state index in [0.717, 1.165) is 10.9 Å². The minimum Gasteiger partial charge on any atom is -0.396 e. The van der Waals surface area contributed by atoms with Gasteiger partial charge in [0.25, 0.3) is 0 Å². The van der Waals surface area contributed by atoms with E-state index in [1.165, 1.54) is 5.56 Å². The third-order valence-electron chi connectivity index (χ3n) is 3.20. The predicted octanol–water partition coefficient (Wildman–Crippen LogP) is 3.08. The number of hydrogen-bond donors (Lipinski definition) is 2. The van der Waals surface area contributed by atoms with Crippen molar-refractivity contribution in [1.29, 1.82) is 0 Å². The first-order valence-corrected chi connectivity index (χ1v) is 7.45. The lowest BCUT2D eigenvalue weighted by molar-refractivity contribution is -0.121. The molecule has 3 nitrogen and oxygen atoms in total. The van der Waals surface area contributed by atoms with Crippen LogP contribution in [-0.4, -0.2) is 24.2 Å². The van der Waals surface area contributed by atoms with Crippen LogP contribution in [0.25, 0.3) is 0 Å². The molecule has 4 heteroatoms. The van der Waals surface area contributed by atoms with Crippen molar-refractivity contribution < 1.29 is 9.90 Å². The maximum absolute atomic E-state index is 11.8. The van der Waals surface area contributed by atoms with E-state index in [1.54, 1.807) is 0 Å². The maximum Gasteiger partial charge on any atom is 0.220 e. The van der Waals surface area contributed by atoms with Crippen molar-refractivity contribution in [3.8, 4) is 0 Å². The van der Waals surface area contributed by atoms with Crippen LogP contribution in [0, 0.1) is 5.92 Å². The van der Waals surface area contributed by atoms with Gasteiger partial charge in [0.2, 0.25) is 5.91 Å². The van der Waals surface area contributed by atoms with Gasteiger partial charge in [0.15, 0.2) is 0 Å². The van der Waals surface area contributed by atoms with E-state index in [9.17, 15) is 4.79 Å². The van der Waals surface area contributed by atoms with Crippen molar-refractivity contribution in [1.82, 2.24) is 5.32 Å². The van der Waals surface area contributed by atoms with Gasteiger partial charge in [0, 0.05) is 24.0 Å². The SMILES string of the molecule is CC(CCO)CNC(=O)CC(C)c1ccc(Br)cc1. The molecule has 1 aromatic rings. The number of amides is 1. The number of rotatable bonds is 7. The lowest BCUT2D eigenvalue weighted by Crippen LogP contribution is -2.29. The monoisotopic (exact) mass is 327 g/mol. The number of carbonyl (C=O) groups excluding carboxylic acids is 1. The van der Waals surface area contributed by atoms with Crippen LogP contribution in [0.4, 0.5) is 0 Å². The second kappa shape index (κ2) is 8.33. The summed E-state index contributed by atoms with van der Waals surface area (Å²) in [7, 11) is 0. The Bertz CT molecular complexity index is 392. The number of carbonyl (C=O) groups is 1. The molecule has 106 valence electrons. The quantitative estimate of drug-likeness (QED) is 0.808. The molecule has 0 fully saturated rings. The van der Waals surface area contributed by atoms with Gasteiger partial charge < -0.3 is 10.4 Å². The Hall–Kier alpha value is -0.870. The van der Waals surface area contributed by atoms with Gasteiger partial charge in [0.1, 0.15) is 0 Å². The molecule has 0 aliphatic heterocycles. The van der Waals surface area contributed by atoms with Crippen LogP contribution >= 0.6 is 15.9 Å². The van der Waals surface area contributed by atoms with Crippen molar-refractivity contribution in [2.75, 3.05) is 13.2 Å². The van der Waals surface area contributed by atoms with Gasteiger partial charge in [0.05, 0.1) is 0 Å². The Kier molecular flexibility index (Phi) is 7.10. The van der Waals surface area contributed by atoms with Gasteiger partial charge in [-0.05, 0) is 36.0 Å². The molecule has 0 aromatic heterocycles. The summed E-state index contributed by atoms with van der Waals surface area (Å²) in [4.78, 5) is 11.8. The molecule has 1 aromatic carbocycles. The first-order valence-electron chi connectivity index (χ1n) is 6.66. The average molecular weight is 328 g/mol. The molecule has 2 atom stereocenters. The summed E-state index contributed by atoms with van der Waals surface area (Å²) in [5, 5.41) is 11.7. The van der Waals surface area contributed by atoms with E-state index < -0.39 is 0 Å². The second-order valence-electron chi connectivity index (χ2n) is 5.08. The van der Waals surface area contributed by atoms with Gasteiger partial charge in [-0.1, -0.05) is 41.9 Å². The lowest BCUT2D eigenvalue weighted by Gasteiger charge is -2.14. The molecule has 0 bridgehead atoms. The van der Waals surface area contributed by atoms with Crippen molar-refractivity contribution in [3.63, 3.8) is 0 Å². The van der Waals surface area contributed by atoms with Crippen molar-refractivity contribution >= 4 is 21.8 Å². The summed E-state index contributed by atoms with van der Waals surface area (Å²) >= 11 is 3.40. The number of benzene rings is 1. The number of hydrogen-bond acceptors (Lipinski definition) is 2. The molecule has 1 amide bonds. The minimum atomic E-state index is 0.0696. The van der Waals surface area contributed by atoms with Crippen LogP contribution in [0.5, 0.6) is 0 Å². The molecule has 19 heavy (non-hydrogen) atoms. The largest absolute Gasteiger partial charge is 0.396 e. The molecule has 0 heterocycles.